The fourth-order valence-corrected chi connectivity index (χ4v) is 2.65. The molecule has 0 aromatic heterocycles. The van der Waals surface area contributed by atoms with Gasteiger partial charge in [0.15, 0.2) is 0 Å². The molecule has 2 rings (SSSR count). The number of methoxy groups -OCH3 is 1. The molecule has 1 saturated heterocycles. The molecule has 1 N–H and O–H groups in total. The third-order valence-corrected chi connectivity index (χ3v) is 3.86. The summed E-state index contributed by atoms with van der Waals surface area (Å²) in [5.41, 5.74) is 1.26. The van der Waals surface area contributed by atoms with Crippen LogP contribution in [0.2, 0.25) is 0 Å². The van der Waals surface area contributed by atoms with E-state index in [0.717, 1.165) is 38.5 Å². The lowest BCUT2D eigenvalue weighted by molar-refractivity contribution is 0.195. The van der Waals surface area contributed by atoms with Gasteiger partial charge in [-0.2, -0.15) is 0 Å². The van der Waals surface area contributed by atoms with Gasteiger partial charge in [0.1, 0.15) is 5.75 Å². The fourth-order valence-electron chi connectivity index (χ4n) is 2.65. The van der Waals surface area contributed by atoms with Crippen LogP contribution in [0.5, 0.6) is 5.75 Å². The van der Waals surface area contributed by atoms with E-state index in [1.165, 1.54) is 5.69 Å². The van der Waals surface area contributed by atoms with Crippen LogP contribution in [0, 0.1) is 0 Å². The van der Waals surface area contributed by atoms with Gasteiger partial charge in [-0.05, 0) is 26.1 Å². The number of rotatable bonds is 5. The van der Waals surface area contributed by atoms with Crippen molar-refractivity contribution in [2.75, 3.05) is 51.8 Å². The summed E-state index contributed by atoms with van der Waals surface area (Å²) in [5.74, 6) is 0.934. The molecule has 0 spiro atoms. The second-order valence-corrected chi connectivity index (χ2v) is 5.13. The number of ether oxygens (including phenoxy) is 1. The van der Waals surface area contributed by atoms with Crippen molar-refractivity contribution in [2.24, 2.45) is 0 Å². The maximum absolute atomic E-state index is 5.29. The zero-order valence-corrected chi connectivity index (χ0v) is 12.2. The van der Waals surface area contributed by atoms with Gasteiger partial charge < -0.3 is 15.0 Å². The predicted octanol–water partition coefficient (Wildman–Crippen LogP) is 1.43. The largest absolute Gasteiger partial charge is 0.497 e. The molecule has 1 aromatic rings. The molecule has 0 aliphatic carbocycles. The molecule has 0 bridgehead atoms. The van der Waals surface area contributed by atoms with Crippen LogP contribution in [0.25, 0.3) is 0 Å². The first-order valence-corrected chi connectivity index (χ1v) is 7.02. The highest BCUT2D eigenvalue weighted by Gasteiger charge is 2.20. The summed E-state index contributed by atoms with van der Waals surface area (Å²) in [7, 11) is 3.74. The molecule has 0 amide bonds. The molecule has 1 aliphatic heterocycles. The molecule has 0 radical (unpaired) electrons. The first-order chi connectivity index (χ1) is 9.24. The highest BCUT2D eigenvalue weighted by atomic mass is 16.5. The Balaban J connectivity index is 1.92. The van der Waals surface area contributed by atoms with Gasteiger partial charge in [-0.1, -0.05) is 6.07 Å². The highest BCUT2D eigenvalue weighted by Crippen LogP contribution is 2.22. The fraction of sp³-hybridized carbons (Fsp3) is 0.600. The third kappa shape index (κ3) is 3.61. The minimum Gasteiger partial charge on any atom is -0.497 e. The molecule has 1 aromatic carbocycles. The SMILES string of the molecule is CNCC(C)N1CCN(c2cccc(OC)c2)CC1. The molecule has 4 nitrogen and oxygen atoms in total. The number of hydrogen-bond acceptors (Lipinski definition) is 4. The molecule has 1 heterocycles. The lowest BCUT2D eigenvalue weighted by Crippen LogP contribution is -2.51. The van der Waals surface area contributed by atoms with E-state index in [0.29, 0.717) is 6.04 Å². The Morgan fingerprint density at radius 1 is 1.26 bits per heavy atom. The molecule has 1 unspecified atom stereocenters. The number of piperazine rings is 1. The Labute approximate surface area is 116 Å². The second kappa shape index (κ2) is 6.78. The summed E-state index contributed by atoms with van der Waals surface area (Å²) in [6.45, 7) is 7.76. The zero-order chi connectivity index (χ0) is 13.7. The number of hydrogen-bond donors (Lipinski definition) is 1. The van der Waals surface area contributed by atoms with Crippen LogP contribution in [-0.4, -0.2) is 57.8 Å². The highest BCUT2D eigenvalue weighted by molar-refractivity contribution is 5.51. The molecular formula is C15H25N3O. The van der Waals surface area contributed by atoms with E-state index in [2.05, 4.69) is 40.2 Å². The van der Waals surface area contributed by atoms with Crippen molar-refractivity contribution >= 4 is 5.69 Å². The van der Waals surface area contributed by atoms with Gasteiger partial charge >= 0.3 is 0 Å². The zero-order valence-electron chi connectivity index (χ0n) is 12.2. The normalized spacial score (nSPS) is 18.4. The second-order valence-electron chi connectivity index (χ2n) is 5.13. The number of nitrogens with one attached hydrogen (secondary N) is 1. The molecule has 1 aliphatic rings. The number of benzene rings is 1. The first kappa shape index (κ1) is 14.2. The Bertz CT molecular complexity index is 389. The van der Waals surface area contributed by atoms with Crippen molar-refractivity contribution in [1.82, 2.24) is 10.2 Å². The van der Waals surface area contributed by atoms with E-state index in [-0.39, 0.29) is 0 Å². The summed E-state index contributed by atoms with van der Waals surface area (Å²) in [6, 6.07) is 8.94. The topological polar surface area (TPSA) is 27.7 Å². The lowest BCUT2D eigenvalue weighted by Gasteiger charge is -2.39. The lowest BCUT2D eigenvalue weighted by atomic mass is 10.2. The van der Waals surface area contributed by atoms with Crippen molar-refractivity contribution in [3.8, 4) is 5.75 Å². The average molecular weight is 263 g/mol. The Morgan fingerprint density at radius 2 is 2.00 bits per heavy atom. The summed E-state index contributed by atoms with van der Waals surface area (Å²) >= 11 is 0. The van der Waals surface area contributed by atoms with E-state index in [1.54, 1.807) is 7.11 Å². The smallest absolute Gasteiger partial charge is 0.120 e. The van der Waals surface area contributed by atoms with E-state index in [9.17, 15) is 0 Å². The number of nitrogens with zero attached hydrogens (tertiary/aromatic N) is 2. The van der Waals surface area contributed by atoms with Gasteiger partial charge in [0.05, 0.1) is 7.11 Å². The van der Waals surface area contributed by atoms with Crippen LogP contribution in [0.1, 0.15) is 6.92 Å². The molecule has 1 fully saturated rings. The Hall–Kier alpha value is -1.26. The maximum atomic E-state index is 5.29. The molecular weight excluding hydrogens is 238 g/mol. The van der Waals surface area contributed by atoms with E-state index in [4.69, 9.17) is 4.74 Å². The van der Waals surface area contributed by atoms with E-state index < -0.39 is 0 Å². The summed E-state index contributed by atoms with van der Waals surface area (Å²) in [5, 5.41) is 3.25. The summed E-state index contributed by atoms with van der Waals surface area (Å²) in [6.07, 6.45) is 0. The molecule has 106 valence electrons. The average Bonchev–Trinajstić information content (AvgIpc) is 2.48. The van der Waals surface area contributed by atoms with Crippen LogP contribution in [0.3, 0.4) is 0 Å². The third-order valence-electron chi connectivity index (χ3n) is 3.86. The van der Waals surface area contributed by atoms with Gasteiger partial charge in [-0.3, -0.25) is 4.90 Å². The van der Waals surface area contributed by atoms with Crippen molar-refractivity contribution in [2.45, 2.75) is 13.0 Å². The minimum absolute atomic E-state index is 0.609. The van der Waals surface area contributed by atoms with Crippen molar-refractivity contribution in [3.05, 3.63) is 24.3 Å². The van der Waals surface area contributed by atoms with Crippen LogP contribution in [0.4, 0.5) is 5.69 Å². The van der Waals surface area contributed by atoms with Crippen molar-refractivity contribution < 1.29 is 4.74 Å². The maximum Gasteiger partial charge on any atom is 0.120 e. The molecule has 19 heavy (non-hydrogen) atoms. The predicted molar refractivity (Wildman–Crippen MR) is 80.2 cm³/mol. The van der Waals surface area contributed by atoms with E-state index >= 15 is 0 Å². The monoisotopic (exact) mass is 263 g/mol. The van der Waals surface area contributed by atoms with Crippen molar-refractivity contribution in [3.63, 3.8) is 0 Å². The van der Waals surface area contributed by atoms with Gasteiger partial charge in [0, 0.05) is 50.5 Å². The van der Waals surface area contributed by atoms with Crippen LogP contribution in [0.15, 0.2) is 24.3 Å². The summed E-state index contributed by atoms with van der Waals surface area (Å²) in [4.78, 5) is 4.98. The van der Waals surface area contributed by atoms with Crippen LogP contribution < -0.4 is 15.0 Å². The number of anilines is 1. The standard InChI is InChI=1S/C15H25N3O/c1-13(12-16-2)17-7-9-18(10-8-17)14-5-4-6-15(11-14)19-3/h4-6,11,13,16H,7-10,12H2,1-3H3. The quantitative estimate of drug-likeness (QED) is 0.869. The molecule has 1 atom stereocenters. The van der Waals surface area contributed by atoms with Crippen molar-refractivity contribution in [1.29, 1.82) is 0 Å². The van der Waals surface area contributed by atoms with Gasteiger partial charge in [0.25, 0.3) is 0 Å². The Kier molecular flexibility index (Phi) is 5.05. The first-order valence-electron chi connectivity index (χ1n) is 7.02. The van der Waals surface area contributed by atoms with Crippen LogP contribution >= 0.6 is 0 Å². The number of likely N-dealkylation sites (N-methyl/N-ethyl adjacent to an activating group) is 1. The molecule has 0 saturated carbocycles. The molecule has 4 heteroatoms. The summed E-state index contributed by atoms with van der Waals surface area (Å²) < 4.78 is 5.29. The van der Waals surface area contributed by atoms with Gasteiger partial charge in [-0.25, -0.2) is 0 Å². The van der Waals surface area contributed by atoms with E-state index in [1.807, 2.05) is 13.1 Å². The van der Waals surface area contributed by atoms with Crippen LogP contribution in [-0.2, 0) is 0 Å². The van der Waals surface area contributed by atoms with Gasteiger partial charge in [0.2, 0.25) is 0 Å². The minimum atomic E-state index is 0.609. The van der Waals surface area contributed by atoms with Gasteiger partial charge in [-0.15, -0.1) is 0 Å². The Morgan fingerprint density at radius 3 is 2.63 bits per heavy atom.